The average Bonchev–Trinajstić information content (AvgIpc) is 3.18. The number of rotatable bonds is 9. The minimum atomic E-state index is -4.45. The van der Waals surface area contributed by atoms with Crippen LogP contribution in [-0.4, -0.2) is 49.8 Å². The van der Waals surface area contributed by atoms with E-state index in [0.717, 1.165) is 35.4 Å². The lowest BCUT2D eigenvalue weighted by Crippen LogP contribution is -2.35. The zero-order valence-electron chi connectivity index (χ0n) is 21.7. The Labute approximate surface area is 221 Å². The van der Waals surface area contributed by atoms with Crippen molar-refractivity contribution in [2.45, 2.75) is 51.0 Å². The van der Waals surface area contributed by atoms with Crippen molar-refractivity contribution >= 4 is 22.5 Å². The van der Waals surface area contributed by atoms with Crippen molar-refractivity contribution in [3.63, 3.8) is 0 Å². The van der Waals surface area contributed by atoms with E-state index in [-0.39, 0.29) is 29.3 Å². The monoisotopic (exact) mass is 548 g/mol. The largest absolute Gasteiger partial charge is 0.417 e. The molecule has 1 aromatic heterocycles. The number of amides is 1. The summed E-state index contributed by atoms with van der Waals surface area (Å²) in [5.74, 6) is -0.169. The first kappa shape index (κ1) is 29.2. The molecule has 0 fully saturated rings. The van der Waals surface area contributed by atoms with Gasteiger partial charge in [-0.25, -0.2) is 8.42 Å². The quantitative estimate of drug-likeness (QED) is 0.367. The molecule has 11 heteroatoms. The Bertz CT molecular complexity index is 1350. The molecule has 38 heavy (non-hydrogen) atoms. The highest BCUT2D eigenvalue weighted by Gasteiger charge is 2.35. The number of aliphatic imine (C=N–C) groups is 1. The smallest absolute Gasteiger partial charge is 0.348 e. The van der Waals surface area contributed by atoms with E-state index in [0.29, 0.717) is 24.4 Å². The van der Waals surface area contributed by atoms with E-state index in [2.05, 4.69) is 26.9 Å². The lowest BCUT2D eigenvalue weighted by molar-refractivity contribution is -0.137. The zero-order chi connectivity index (χ0) is 28.3. The molecule has 204 valence electrons. The number of hydrogen-bond donors (Lipinski definition) is 1. The highest BCUT2D eigenvalue weighted by Crippen LogP contribution is 2.33. The third-order valence-corrected chi connectivity index (χ3v) is 7.38. The minimum Gasteiger partial charge on any atom is -0.348 e. The van der Waals surface area contributed by atoms with Gasteiger partial charge in [-0.05, 0) is 61.0 Å². The van der Waals surface area contributed by atoms with Crippen LogP contribution in [0.25, 0.3) is 0 Å². The van der Waals surface area contributed by atoms with Gasteiger partial charge in [0.25, 0.3) is 0 Å². The number of alkyl halides is 3. The van der Waals surface area contributed by atoms with Crippen LogP contribution in [0.4, 0.5) is 13.2 Å². The Balaban J connectivity index is 1.73. The highest BCUT2D eigenvalue weighted by molar-refractivity contribution is 7.90. The van der Waals surface area contributed by atoms with Crippen LogP contribution < -0.4 is 5.32 Å². The number of aromatic nitrogens is 1. The summed E-state index contributed by atoms with van der Waals surface area (Å²) in [6.07, 6.45) is -0.731. The van der Waals surface area contributed by atoms with Crippen LogP contribution in [0.15, 0.2) is 75.4 Å². The molecule has 1 atom stereocenters. The van der Waals surface area contributed by atoms with Gasteiger partial charge in [0.15, 0.2) is 9.84 Å². The Kier molecular flexibility index (Phi) is 8.94. The van der Waals surface area contributed by atoms with Crippen LogP contribution in [0.1, 0.15) is 37.6 Å². The summed E-state index contributed by atoms with van der Waals surface area (Å²) in [5, 5.41) is 2.83. The first-order valence-corrected chi connectivity index (χ1v) is 13.8. The number of pyridine rings is 1. The second kappa shape index (κ2) is 11.6. The van der Waals surface area contributed by atoms with Crippen molar-refractivity contribution in [3.05, 3.63) is 82.3 Å². The van der Waals surface area contributed by atoms with E-state index in [1.807, 2.05) is 13.8 Å². The average molecular weight is 549 g/mol. The second-order valence-corrected chi connectivity index (χ2v) is 11.6. The maximum absolute atomic E-state index is 12.9. The molecule has 0 unspecified atom stereocenters. The lowest BCUT2D eigenvalue weighted by Gasteiger charge is -2.28. The summed E-state index contributed by atoms with van der Waals surface area (Å²) in [6, 6.07) is 8.54. The molecule has 7 nitrogen and oxygen atoms in total. The van der Waals surface area contributed by atoms with E-state index in [1.54, 1.807) is 25.1 Å². The van der Waals surface area contributed by atoms with Crippen LogP contribution in [0.2, 0.25) is 0 Å². The van der Waals surface area contributed by atoms with E-state index >= 15 is 0 Å². The van der Waals surface area contributed by atoms with Gasteiger partial charge in [-0.15, -0.1) is 0 Å². The van der Waals surface area contributed by atoms with Gasteiger partial charge in [-0.2, -0.15) is 13.2 Å². The fourth-order valence-electron chi connectivity index (χ4n) is 4.36. The molecule has 1 aliphatic heterocycles. The molecular weight excluding hydrogens is 517 g/mol. The van der Waals surface area contributed by atoms with Crippen molar-refractivity contribution in [2.75, 3.05) is 12.8 Å². The zero-order valence-corrected chi connectivity index (χ0v) is 22.5. The third-order valence-electron chi connectivity index (χ3n) is 6.25. The van der Waals surface area contributed by atoms with Crippen LogP contribution >= 0.6 is 0 Å². The summed E-state index contributed by atoms with van der Waals surface area (Å²) in [7, 11) is -3.30. The van der Waals surface area contributed by atoms with Crippen LogP contribution in [0.3, 0.4) is 0 Å². The molecule has 3 rings (SSSR count). The first-order valence-electron chi connectivity index (χ1n) is 11.9. The summed E-state index contributed by atoms with van der Waals surface area (Å²) in [4.78, 5) is 23.3. The van der Waals surface area contributed by atoms with Crippen LogP contribution in [-0.2, 0) is 33.9 Å². The molecular formula is C27H31F3N4O3S. The van der Waals surface area contributed by atoms with Crippen LogP contribution in [0, 0.1) is 5.92 Å². The van der Waals surface area contributed by atoms with Crippen molar-refractivity contribution in [1.29, 1.82) is 0 Å². The number of benzene rings is 1. The van der Waals surface area contributed by atoms with Crippen molar-refractivity contribution in [3.8, 4) is 0 Å². The Hall–Kier alpha value is -3.31. The summed E-state index contributed by atoms with van der Waals surface area (Å²) in [5.41, 5.74) is 2.42. The van der Waals surface area contributed by atoms with Gasteiger partial charge in [0.2, 0.25) is 5.91 Å². The fourth-order valence-corrected chi connectivity index (χ4v) is 4.99. The molecule has 0 radical (unpaired) electrons. The predicted octanol–water partition coefficient (Wildman–Crippen LogP) is 4.56. The number of carbonyl (C=O) groups excluding carboxylic acids is 1. The number of nitrogens with one attached hydrogen (secondary N) is 1. The molecule has 0 saturated carbocycles. The Morgan fingerprint density at radius 3 is 2.39 bits per heavy atom. The van der Waals surface area contributed by atoms with E-state index in [1.165, 1.54) is 18.2 Å². The maximum atomic E-state index is 12.9. The van der Waals surface area contributed by atoms with Crippen LogP contribution in [0.5, 0.6) is 0 Å². The van der Waals surface area contributed by atoms with Crippen molar-refractivity contribution in [1.82, 2.24) is 15.2 Å². The number of nitrogens with zero attached hydrogens (tertiary/aromatic N) is 3. The molecule has 1 N–H and O–H groups in total. The maximum Gasteiger partial charge on any atom is 0.417 e. The second-order valence-electron chi connectivity index (χ2n) is 9.62. The van der Waals surface area contributed by atoms with Gasteiger partial charge in [-0.1, -0.05) is 26.0 Å². The standard InChI is InChI=1S/C27H31F3N4O3S/c1-17(2)25-24(31-4)20(15-34(25)16-22-9-8-21(14-32-22)27(28,29)30)12-18(3)26(35)33-13-19-6-10-23(11-7-19)38(5,36)37/h6-12,14,17,25H,4,13,15-16H2,1-3,5H3,(H,33,35)/b18-12+/t25-/m1/s1. The van der Waals surface area contributed by atoms with Gasteiger partial charge >= 0.3 is 6.18 Å². The van der Waals surface area contributed by atoms with Crippen molar-refractivity contribution < 1.29 is 26.4 Å². The Morgan fingerprint density at radius 1 is 1.24 bits per heavy atom. The van der Waals surface area contributed by atoms with E-state index < -0.39 is 21.6 Å². The van der Waals surface area contributed by atoms with Gasteiger partial charge < -0.3 is 5.32 Å². The number of hydrogen-bond acceptors (Lipinski definition) is 6. The Morgan fingerprint density at radius 2 is 1.89 bits per heavy atom. The summed E-state index contributed by atoms with van der Waals surface area (Å²) in [6.45, 7) is 10.4. The molecule has 1 aliphatic rings. The van der Waals surface area contributed by atoms with Gasteiger partial charge in [-0.3, -0.25) is 19.7 Å². The lowest BCUT2D eigenvalue weighted by atomic mass is 9.99. The predicted molar refractivity (Wildman–Crippen MR) is 140 cm³/mol. The SMILES string of the molecule is C=NC1=C(/C=C(\C)C(=O)NCc2ccc(S(C)(=O)=O)cc2)CN(Cc2ccc(C(F)(F)F)cn2)[C@@H]1C(C)C. The molecule has 2 aromatic rings. The molecule has 0 saturated heterocycles. The molecule has 0 aliphatic carbocycles. The molecule has 0 bridgehead atoms. The number of sulfone groups is 1. The number of halogens is 3. The topological polar surface area (TPSA) is 91.7 Å². The third kappa shape index (κ3) is 7.16. The van der Waals surface area contributed by atoms with E-state index in [4.69, 9.17) is 0 Å². The molecule has 1 aromatic carbocycles. The van der Waals surface area contributed by atoms with Crippen molar-refractivity contribution in [2.24, 2.45) is 10.9 Å². The first-order chi connectivity index (χ1) is 17.7. The fraction of sp³-hybridized carbons (Fsp3) is 0.370. The summed E-state index contributed by atoms with van der Waals surface area (Å²) >= 11 is 0. The number of carbonyl (C=O) groups is 1. The minimum absolute atomic E-state index is 0.125. The highest BCUT2D eigenvalue weighted by atomic mass is 32.2. The van der Waals surface area contributed by atoms with E-state index in [9.17, 15) is 26.4 Å². The normalized spacial score (nSPS) is 17.3. The van der Waals surface area contributed by atoms with Gasteiger partial charge in [0.05, 0.1) is 27.9 Å². The van der Waals surface area contributed by atoms with Gasteiger partial charge in [0, 0.05) is 37.7 Å². The molecule has 0 spiro atoms. The summed E-state index contributed by atoms with van der Waals surface area (Å²) < 4.78 is 61.9. The van der Waals surface area contributed by atoms with Gasteiger partial charge in [0.1, 0.15) is 0 Å². The molecule has 1 amide bonds. The molecule has 2 heterocycles.